The first-order chi connectivity index (χ1) is 6.70. The molecule has 0 aliphatic rings. The van der Waals surface area contributed by atoms with Gasteiger partial charge in [-0.15, -0.1) is 0 Å². The molecule has 0 unspecified atom stereocenters. The molecule has 0 saturated carbocycles. The van der Waals surface area contributed by atoms with Crippen molar-refractivity contribution in [3.8, 4) is 5.75 Å². The first-order valence-corrected chi connectivity index (χ1v) is 14.5. The fourth-order valence-electron chi connectivity index (χ4n) is 1.30. The molecule has 0 N–H and O–H groups in total. The molecule has 0 amide bonds. The minimum absolute atomic E-state index is 0.0340. The predicted molar refractivity (Wildman–Crippen MR) is 56.1 cm³/mol. The number of rotatable bonds is 2. The van der Waals surface area contributed by atoms with Gasteiger partial charge in [0.05, 0.1) is 0 Å². The van der Waals surface area contributed by atoms with Crippen LogP contribution in [-0.4, -0.2) is 24.7 Å². The van der Waals surface area contributed by atoms with Gasteiger partial charge in [0, 0.05) is 0 Å². The van der Waals surface area contributed by atoms with Crippen molar-refractivity contribution < 1.29 is 17.9 Å². The Kier molecular flexibility index (Phi) is 3.58. The molecule has 84 valence electrons. The van der Waals surface area contributed by atoms with Crippen molar-refractivity contribution in [3.05, 3.63) is 24.3 Å². The third kappa shape index (κ3) is 3.93. The van der Waals surface area contributed by atoms with Gasteiger partial charge in [0.2, 0.25) is 0 Å². The van der Waals surface area contributed by atoms with Crippen LogP contribution >= 0.6 is 0 Å². The molecule has 0 aliphatic carbocycles. The molecular formula is C10H13F3OSn. The van der Waals surface area contributed by atoms with Gasteiger partial charge in [-0.05, 0) is 0 Å². The molecule has 1 rings (SSSR count). The summed E-state index contributed by atoms with van der Waals surface area (Å²) in [6, 6.07) is 6.42. The van der Waals surface area contributed by atoms with Gasteiger partial charge in [0.15, 0.2) is 0 Å². The van der Waals surface area contributed by atoms with Crippen molar-refractivity contribution >= 4 is 22.0 Å². The Morgan fingerprint density at radius 2 is 1.60 bits per heavy atom. The third-order valence-corrected chi connectivity index (χ3v) is 7.71. The fraction of sp³-hybridized carbons (Fsp3) is 0.400. The molecule has 5 heteroatoms. The molecule has 15 heavy (non-hydrogen) atoms. The van der Waals surface area contributed by atoms with Crippen LogP contribution < -0.4 is 8.32 Å². The summed E-state index contributed by atoms with van der Waals surface area (Å²) in [6.07, 6.45) is -4.60. The van der Waals surface area contributed by atoms with Crippen molar-refractivity contribution in [2.24, 2.45) is 0 Å². The van der Waals surface area contributed by atoms with Crippen molar-refractivity contribution in [1.82, 2.24) is 0 Å². The van der Waals surface area contributed by atoms with E-state index in [2.05, 4.69) is 4.74 Å². The standard InChI is InChI=1S/C7H4F3O.3CH3.Sn/c8-7(9,10)11-6-4-2-1-3-5-6;;;;/h1-4H;3*1H3;. The van der Waals surface area contributed by atoms with Crippen LogP contribution in [0.1, 0.15) is 0 Å². The summed E-state index contributed by atoms with van der Waals surface area (Å²) in [6.45, 7) is 0. The summed E-state index contributed by atoms with van der Waals surface area (Å²) in [7, 11) is 0. The van der Waals surface area contributed by atoms with Gasteiger partial charge in [-0.3, -0.25) is 0 Å². The topological polar surface area (TPSA) is 9.23 Å². The molecule has 1 nitrogen and oxygen atoms in total. The molecule has 0 spiro atoms. The average Bonchev–Trinajstić information content (AvgIpc) is 1.99. The summed E-state index contributed by atoms with van der Waals surface area (Å²) < 4.78 is 41.1. The van der Waals surface area contributed by atoms with Gasteiger partial charge in [0.1, 0.15) is 0 Å². The second kappa shape index (κ2) is 4.23. The summed E-state index contributed by atoms with van der Waals surface area (Å²) in [5, 5.41) is 0. The summed E-state index contributed by atoms with van der Waals surface area (Å²) in [4.78, 5) is 6.15. The summed E-state index contributed by atoms with van der Waals surface area (Å²) in [5.41, 5.74) is 0. The zero-order valence-corrected chi connectivity index (χ0v) is 11.7. The van der Waals surface area contributed by atoms with Crippen molar-refractivity contribution in [3.63, 3.8) is 0 Å². The van der Waals surface area contributed by atoms with Crippen LogP contribution in [0.2, 0.25) is 14.8 Å². The number of para-hydroxylation sites is 1. The van der Waals surface area contributed by atoms with Gasteiger partial charge in [0.25, 0.3) is 0 Å². The van der Waals surface area contributed by atoms with E-state index in [1.54, 1.807) is 18.2 Å². The Morgan fingerprint density at radius 3 is 2.07 bits per heavy atom. The van der Waals surface area contributed by atoms with Crippen LogP contribution in [-0.2, 0) is 0 Å². The number of hydrogen-bond acceptors (Lipinski definition) is 1. The number of benzene rings is 1. The second-order valence-corrected chi connectivity index (χ2v) is 18.7. The number of halogens is 3. The van der Waals surface area contributed by atoms with E-state index in [1.165, 1.54) is 6.07 Å². The van der Waals surface area contributed by atoms with E-state index in [0.717, 1.165) is 3.58 Å². The van der Waals surface area contributed by atoms with Crippen LogP contribution in [0.3, 0.4) is 0 Å². The third-order valence-electron chi connectivity index (χ3n) is 1.92. The number of hydrogen-bond donors (Lipinski definition) is 0. The van der Waals surface area contributed by atoms with E-state index >= 15 is 0 Å². The zero-order valence-electron chi connectivity index (χ0n) is 8.85. The predicted octanol–water partition coefficient (Wildman–Crippen LogP) is 3.13. The van der Waals surface area contributed by atoms with E-state index in [4.69, 9.17) is 0 Å². The Morgan fingerprint density at radius 1 is 1.07 bits per heavy atom. The Bertz CT molecular complexity index is 341. The van der Waals surface area contributed by atoms with Crippen molar-refractivity contribution in [2.75, 3.05) is 0 Å². The van der Waals surface area contributed by atoms with Gasteiger partial charge < -0.3 is 0 Å². The summed E-state index contributed by atoms with van der Waals surface area (Å²) in [5.74, 6) is -0.0340. The van der Waals surface area contributed by atoms with Crippen LogP contribution in [0.5, 0.6) is 5.75 Å². The van der Waals surface area contributed by atoms with Crippen LogP contribution in [0.4, 0.5) is 13.2 Å². The fourth-order valence-corrected chi connectivity index (χ4v) is 5.49. The maximum atomic E-state index is 12.1. The van der Waals surface area contributed by atoms with E-state index in [-0.39, 0.29) is 5.75 Å². The SMILES string of the molecule is [CH3][Sn]([CH3])([CH3])[c]1ccccc1OC(F)(F)F. The molecule has 0 heterocycles. The quantitative estimate of drug-likeness (QED) is 0.759. The van der Waals surface area contributed by atoms with Crippen LogP contribution in [0.15, 0.2) is 24.3 Å². The summed E-state index contributed by atoms with van der Waals surface area (Å²) >= 11 is -2.53. The van der Waals surface area contributed by atoms with Gasteiger partial charge in [-0.2, -0.15) is 0 Å². The molecule has 0 saturated heterocycles. The molecule has 0 aliphatic heterocycles. The zero-order chi connectivity index (χ0) is 11.7. The van der Waals surface area contributed by atoms with E-state index in [0.29, 0.717) is 0 Å². The number of alkyl halides is 3. The van der Waals surface area contributed by atoms with E-state index in [9.17, 15) is 13.2 Å². The normalized spacial score (nSPS) is 12.7. The molecule has 1 aromatic carbocycles. The van der Waals surface area contributed by atoms with Crippen LogP contribution in [0, 0.1) is 0 Å². The van der Waals surface area contributed by atoms with Crippen LogP contribution in [0.25, 0.3) is 0 Å². The molecule has 0 bridgehead atoms. The van der Waals surface area contributed by atoms with Crippen molar-refractivity contribution in [2.45, 2.75) is 21.2 Å². The second-order valence-electron chi connectivity index (χ2n) is 4.29. The average molecular weight is 325 g/mol. The first kappa shape index (κ1) is 12.7. The number of ether oxygens (including phenoxy) is 1. The van der Waals surface area contributed by atoms with E-state index < -0.39 is 24.7 Å². The minimum atomic E-state index is -4.60. The molecule has 0 atom stereocenters. The first-order valence-electron chi connectivity index (χ1n) is 4.55. The Hall–Kier alpha value is -0.391. The molecule has 1 aromatic rings. The monoisotopic (exact) mass is 326 g/mol. The molecule has 0 radical (unpaired) electrons. The maximum absolute atomic E-state index is 12.1. The van der Waals surface area contributed by atoms with Gasteiger partial charge in [-0.25, -0.2) is 0 Å². The van der Waals surface area contributed by atoms with Gasteiger partial charge >= 0.3 is 91.1 Å². The Balaban J connectivity index is 3.08. The van der Waals surface area contributed by atoms with E-state index in [1.807, 2.05) is 14.8 Å². The van der Waals surface area contributed by atoms with Gasteiger partial charge in [-0.1, -0.05) is 0 Å². The molecular weight excluding hydrogens is 312 g/mol. The molecule has 0 aromatic heterocycles. The molecule has 0 fully saturated rings. The van der Waals surface area contributed by atoms with Crippen molar-refractivity contribution in [1.29, 1.82) is 0 Å². The Labute approximate surface area is 91.1 Å².